The van der Waals surface area contributed by atoms with E-state index in [4.69, 9.17) is 15.2 Å². The normalized spacial score (nSPS) is 11.9. The number of amides is 1. The maximum absolute atomic E-state index is 11.8. The van der Waals surface area contributed by atoms with Gasteiger partial charge in [0, 0.05) is 38.3 Å². The van der Waals surface area contributed by atoms with Crippen molar-refractivity contribution >= 4 is 5.91 Å². The van der Waals surface area contributed by atoms with Crippen molar-refractivity contribution in [2.75, 3.05) is 26.9 Å². The second-order valence-corrected chi connectivity index (χ2v) is 4.74. The Hall–Kier alpha value is -1.59. The molecule has 20 heavy (non-hydrogen) atoms. The van der Waals surface area contributed by atoms with Crippen LogP contribution in [-0.2, 0) is 4.74 Å². The zero-order valence-corrected chi connectivity index (χ0v) is 12.2. The minimum Gasteiger partial charge on any atom is -0.494 e. The molecule has 112 valence electrons. The van der Waals surface area contributed by atoms with Crippen molar-refractivity contribution in [2.45, 2.75) is 25.8 Å². The number of nitrogens with one attached hydrogen (secondary N) is 1. The lowest BCUT2D eigenvalue weighted by atomic mass is 10.2. The van der Waals surface area contributed by atoms with Crippen LogP contribution in [0.3, 0.4) is 0 Å². The standard InChI is InChI=1S/C15H24N2O3/c1-12(16)8-9-17-15(18)13-4-6-14(7-5-13)20-11-3-10-19-2/h4-7,12H,3,8-11,16H2,1-2H3,(H,17,18). The summed E-state index contributed by atoms with van der Waals surface area (Å²) in [6.07, 6.45) is 1.61. The van der Waals surface area contributed by atoms with Crippen molar-refractivity contribution in [2.24, 2.45) is 5.73 Å². The van der Waals surface area contributed by atoms with E-state index in [9.17, 15) is 4.79 Å². The van der Waals surface area contributed by atoms with Gasteiger partial charge in [-0.1, -0.05) is 0 Å². The molecule has 1 rings (SSSR count). The molecule has 0 fully saturated rings. The summed E-state index contributed by atoms with van der Waals surface area (Å²) in [4.78, 5) is 11.8. The summed E-state index contributed by atoms with van der Waals surface area (Å²) in [6.45, 7) is 3.79. The lowest BCUT2D eigenvalue weighted by molar-refractivity contribution is 0.0953. The van der Waals surface area contributed by atoms with E-state index in [2.05, 4.69) is 5.32 Å². The highest BCUT2D eigenvalue weighted by molar-refractivity contribution is 5.94. The van der Waals surface area contributed by atoms with Crippen molar-refractivity contribution < 1.29 is 14.3 Å². The van der Waals surface area contributed by atoms with Crippen LogP contribution >= 0.6 is 0 Å². The van der Waals surface area contributed by atoms with Crippen LogP contribution in [0.15, 0.2) is 24.3 Å². The lowest BCUT2D eigenvalue weighted by Gasteiger charge is -2.09. The molecule has 3 N–H and O–H groups in total. The number of ether oxygens (including phenoxy) is 2. The Kier molecular flexibility index (Phi) is 7.69. The zero-order chi connectivity index (χ0) is 14.8. The molecule has 0 heterocycles. The van der Waals surface area contributed by atoms with Crippen molar-refractivity contribution in [1.82, 2.24) is 5.32 Å². The zero-order valence-electron chi connectivity index (χ0n) is 12.2. The molecule has 1 aromatic rings. The summed E-state index contributed by atoms with van der Waals surface area (Å²) in [5.41, 5.74) is 6.25. The fourth-order valence-electron chi connectivity index (χ4n) is 1.61. The monoisotopic (exact) mass is 280 g/mol. The molecule has 5 heteroatoms. The topological polar surface area (TPSA) is 73.6 Å². The maximum Gasteiger partial charge on any atom is 0.251 e. The van der Waals surface area contributed by atoms with Gasteiger partial charge in [0.1, 0.15) is 5.75 Å². The van der Waals surface area contributed by atoms with Crippen LogP contribution in [0, 0.1) is 0 Å². The van der Waals surface area contributed by atoms with E-state index in [1.165, 1.54) is 0 Å². The van der Waals surface area contributed by atoms with Crippen molar-refractivity contribution in [1.29, 1.82) is 0 Å². The van der Waals surface area contributed by atoms with Gasteiger partial charge in [0.2, 0.25) is 0 Å². The molecule has 0 aliphatic carbocycles. The number of rotatable bonds is 9. The van der Waals surface area contributed by atoms with Gasteiger partial charge in [-0.2, -0.15) is 0 Å². The van der Waals surface area contributed by atoms with E-state index in [1.807, 2.05) is 6.92 Å². The van der Waals surface area contributed by atoms with Gasteiger partial charge in [0.15, 0.2) is 0 Å². The molecule has 0 saturated carbocycles. The summed E-state index contributed by atoms with van der Waals surface area (Å²) in [6, 6.07) is 7.21. The molecule has 0 saturated heterocycles. The van der Waals surface area contributed by atoms with E-state index >= 15 is 0 Å². The van der Waals surface area contributed by atoms with Crippen molar-refractivity contribution in [3.05, 3.63) is 29.8 Å². The molecule has 1 atom stereocenters. The van der Waals surface area contributed by atoms with Crippen molar-refractivity contribution in [3.63, 3.8) is 0 Å². The summed E-state index contributed by atoms with van der Waals surface area (Å²) < 4.78 is 10.5. The summed E-state index contributed by atoms with van der Waals surface area (Å²) in [5, 5.41) is 2.83. The first-order valence-electron chi connectivity index (χ1n) is 6.89. The fraction of sp³-hybridized carbons (Fsp3) is 0.533. The first kappa shape index (κ1) is 16.5. The Labute approximate surface area is 120 Å². The van der Waals surface area contributed by atoms with Crippen LogP contribution < -0.4 is 15.8 Å². The molecule has 0 spiro atoms. The van der Waals surface area contributed by atoms with E-state index in [-0.39, 0.29) is 11.9 Å². The number of nitrogens with two attached hydrogens (primary N) is 1. The Morgan fingerprint density at radius 3 is 2.60 bits per heavy atom. The highest BCUT2D eigenvalue weighted by Crippen LogP contribution is 2.12. The number of carbonyl (C=O) groups excluding carboxylic acids is 1. The Morgan fingerprint density at radius 1 is 1.30 bits per heavy atom. The van der Waals surface area contributed by atoms with Gasteiger partial charge in [-0.05, 0) is 37.6 Å². The lowest BCUT2D eigenvalue weighted by Crippen LogP contribution is -2.28. The summed E-state index contributed by atoms with van der Waals surface area (Å²) >= 11 is 0. The van der Waals surface area contributed by atoms with Gasteiger partial charge < -0.3 is 20.5 Å². The van der Waals surface area contributed by atoms with Crippen LogP contribution in [0.1, 0.15) is 30.1 Å². The third-order valence-electron chi connectivity index (χ3n) is 2.76. The van der Waals surface area contributed by atoms with Crippen LogP contribution in [0.5, 0.6) is 5.75 Å². The Bertz CT molecular complexity index is 391. The molecule has 0 aromatic heterocycles. The third-order valence-corrected chi connectivity index (χ3v) is 2.76. The number of hydrogen-bond donors (Lipinski definition) is 2. The number of hydrogen-bond acceptors (Lipinski definition) is 4. The van der Waals surface area contributed by atoms with E-state index < -0.39 is 0 Å². The van der Waals surface area contributed by atoms with E-state index in [0.717, 1.165) is 18.6 Å². The largest absolute Gasteiger partial charge is 0.494 e. The van der Waals surface area contributed by atoms with Gasteiger partial charge in [-0.25, -0.2) is 0 Å². The van der Waals surface area contributed by atoms with Crippen molar-refractivity contribution in [3.8, 4) is 5.75 Å². The van der Waals surface area contributed by atoms with E-state index in [1.54, 1.807) is 31.4 Å². The highest BCUT2D eigenvalue weighted by atomic mass is 16.5. The van der Waals surface area contributed by atoms with Crippen LogP contribution in [0.4, 0.5) is 0 Å². The second kappa shape index (κ2) is 9.34. The van der Waals surface area contributed by atoms with Crippen LogP contribution in [0.25, 0.3) is 0 Å². The predicted octanol–water partition coefficient (Wildman–Crippen LogP) is 1.57. The van der Waals surface area contributed by atoms with Gasteiger partial charge in [0.05, 0.1) is 6.61 Å². The molecule has 1 amide bonds. The predicted molar refractivity (Wildman–Crippen MR) is 79.0 cm³/mol. The Morgan fingerprint density at radius 2 is 2.00 bits per heavy atom. The van der Waals surface area contributed by atoms with Crippen LogP contribution in [0.2, 0.25) is 0 Å². The van der Waals surface area contributed by atoms with Crippen LogP contribution in [-0.4, -0.2) is 38.8 Å². The molecule has 0 aliphatic rings. The molecule has 0 bridgehead atoms. The number of benzene rings is 1. The Balaban J connectivity index is 2.35. The summed E-state index contributed by atoms with van der Waals surface area (Å²) in [7, 11) is 1.67. The number of carbonyl (C=O) groups is 1. The quantitative estimate of drug-likeness (QED) is 0.673. The molecule has 1 aromatic carbocycles. The molecular weight excluding hydrogens is 256 g/mol. The van der Waals surface area contributed by atoms with Gasteiger partial charge in [0.25, 0.3) is 5.91 Å². The first-order chi connectivity index (χ1) is 9.63. The average molecular weight is 280 g/mol. The molecule has 0 radical (unpaired) electrons. The second-order valence-electron chi connectivity index (χ2n) is 4.74. The molecule has 0 aliphatic heterocycles. The fourth-order valence-corrected chi connectivity index (χ4v) is 1.61. The van der Waals surface area contributed by atoms with Gasteiger partial charge in [-0.3, -0.25) is 4.79 Å². The maximum atomic E-state index is 11.8. The van der Waals surface area contributed by atoms with Gasteiger partial charge in [-0.15, -0.1) is 0 Å². The first-order valence-corrected chi connectivity index (χ1v) is 6.89. The minimum absolute atomic E-state index is 0.0865. The molecular formula is C15H24N2O3. The minimum atomic E-state index is -0.0865. The highest BCUT2D eigenvalue weighted by Gasteiger charge is 2.05. The summed E-state index contributed by atoms with van der Waals surface area (Å²) in [5.74, 6) is 0.671. The number of methoxy groups -OCH3 is 1. The average Bonchev–Trinajstić information content (AvgIpc) is 2.44. The SMILES string of the molecule is COCCCOc1ccc(C(=O)NCCC(C)N)cc1. The third kappa shape index (κ3) is 6.54. The molecule has 5 nitrogen and oxygen atoms in total. The molecule has 1 unspecified atom stereocenters. The van der Waals surface area contributed by atoms with Gasteiger partial charge >= 0.3 is 0 Å². The van der Waals surface area contributed by atoms with E-state index in [0.29, 0.717) is 25.3 Å². The smallest absolute Gasteiger partial charge is 0.251 e.